The van der Waals surface area contributed by atoms with E-state index >= 15 is 0 Å². The molecule has 0 bridgehead atoms. The Kier molecular flexibility index (Phi) is 4.35. The average molecular weight is 257 g/mol. The minimum absolute atomic E-state index is 0.744. The lowest BCUT2D eigenvalue weighted by Gasteiger charge is -2.25. The molecule has 0 spiro atoms. The molecule has 2 rings (SSSR count). The van der Waals surface area contributed by atoms with Crippen LogP contribution < -0.4 is 5.32 Å². The first-order valence-electron chi connectivity index (χ1n) is 6.03. The summed E-state index contributed by atoms with van der Waals surface area (Å²) in [4.78, 5) is 0. The van der Waals surface area contributed by atoms with Gasteiger partial charge in [0, 0.05) is 6.54 Å². The Labute approximate surface area is 106 Å². The van der Waals surface area contributed by atoms with Gasteiger partial charge in [0.05, 0.1) is 0 Å². The molecular weight excluding hydrogens is 238 g/mol. The molecule has 5 heteroatoms. The molecule has 1 aliphatic carbocycles. The predicted octanol–water partition coefficient (Wildman–Crippen LogP) is 3.83. The number of rotatable bonds is 4. The average Bonchev–Trinajstić information content (AvgIpc) is 2.67. The summed E-state index contributed by atoms with van der Waals surface area (Å²) < 4.78 is 0.744. The summed E-state index contributed by atoms with van der Waals surface area (Å²) in [6.07, 6.45) is 6.88. The first-order chi connectivity index (χ1) is 7.74. The molecular formula is C11H19N3S2. The molecule has 16 heavy (non-hydrogen) atoms. The van der Waals surface area contributed by atoms with Gasteiger partial charge in [-0.05, 0) is 30.5 Å². The second-order valence-electron chi connectivity index (χ2n) is 4.76. The van der Waals surface area contributed by atoms with E-state index in [9.17, 15) is 0 Å². The van der Waals surface area contributed by atoms with Crippen LogP contribution in [0.2, 0.25) is 0 Å². The van der Waals surface area contributed by atoms with Gasteiger partial charge in [-0.15, -0.1) is 5.10 Å². The Balaban J connectivity index is 1.66. The van der Waals surface area contributed by atoms with Crippen molar-refractivity contribution >= 4 is 28.7 Å². The van der Waals surface area contributed by atoms with Crippen molar-refractivity contribution in [1.82, 2.24) is 10.2 Å². The van der Waals surface area contributed by atoms with Crippen molar-refractivity contribution in [3.63, 3.8) is 0 Å². The summed E-state index contributed by atoms with van der Waals surface area (Å²) in [5.74, 6) is 1.86. The van der Waals surface area contributed by atoms with E-state index in [4.69, 9.17) is 12.2 Å². The summed E-state index contributed by atoms with van der Waals surface area (Å²) in [7, 11) is 0. The maximum Gasteiger partial charge on any atom is 0.204 e. The van der Waals surface area contributed by atoms with Crippen LogP contribution in [0.3, 0.4) is 0 Å². The molecule has 0 radical (unpaired) electrons. The van der Waals surface area contributed by atoms with Gasteiger partial charge in [0.2, 0.25) is 5.13 Å². The van der Waals surface area contributed by atoms with Crippen molar-refractivity contribution in [2.24, 2.45) is 11.8 Å². The van der Waals surface area contributed by atoms with E-state index < -0.39 is 0 Å². The third-order valence-electron chi connectivity index (χ3n) is 3.40. The zero-order valence-corrected chi connectivity index (χ0v) is 11.3. The minimum Gasteiger partial charge on any atom is -0.360 e. The normalized spacial score (nSPS) is 25.6. The summed E-state index contributed by atoms with van der Waals surface area (Å²) in [5.41, 5.74) is 0. The van der Waals surface area contributed by atoms with Crippen molar-refractivity contribution in [1.29, 1.82) is 0 Å². The van der Waals surface area contributed by atoms with Crippen LogP contribution in [0.4, 0.5) is 5.13 Å². The van der Waals surface area contributed by atoms with Crippen molar-refractivity contribution in [3.8, 4) is 0 Å². The van der Waals surface area contributed by atoms with E-state index in [1.54, 1.807) is 0 Å². The SMILES string of the molecule is CC1CCC(CCNc2n[nH]c(=S)s2)CC1. The molecule has 0 unspecified atom stereocenters. The lowest BCUT2D eigenvalue weighted by atomic mass is 9.81. The monoisotopic (exact) mass is 257 g/mol. The summed E-state index contributed by atoms with van der Waals surface area (Å²) in [6.45, 7) is 3.39. The number of H-pyrrole nitrogens is 1. The fourth-order valence-corrected chi connectivity index (χ4v) is 3.12. The lowest BCUT2D eigenvalue weighted by Crippen LogP contribution is -2.15. The van der Waals surface area contributed by atoms with Gasteiger partial charge >= 0.3 is 0 Å². The second kappa shape index (κ2) is 5.77. The van der Waals surface area contributed by atoms with Crippen LogP contribution in [-0.4, -0.2) is 16.7 Å². The first-order valence-corrected chi connectivity index (χ1v) is 7.26. The van der Waals surface area contributed by atoms with Crippen molar-refractivity contribution in [2.75, 3.05) is 11.9 Å². The summed E-state index contributed by atoms with van der Waals surface area (Å²) in [6, 6.07) is 0. The molecule has 1 aromatic heterocycles. The molecule has 0 aromatic carbocycles. The fraction of sp³-hybridized carbons (Fsp3) is 0.818. The Morgan fingerprint density at radius 1 is 1.44 bits per heavy atom. The molecule has 1 aromatic rings. The van der Waals surface area contributed by atoms with E-state index in [1.165, 1.54) is 43.4 Å². The summed E-state index contributed by atoms with van der Waals surface area (Å²) in [5, 5.41) is 11.1. The highest BCUT2D eigenvalue weighted by Crippen LogP contribution is 2.30. The van der Waals surface area contributed by atoms with Gasteiger partial charge in [-0.1, -0.05) is 43.9 Å². The van der Waals surface area contributed by atoms with E-state index in [0.29, 0.717) is 0 Å². The number of nitrogens with zero attached hydrogens (tertiary/aromatic N) is 1. The maximum atomic E-state index is 4.98. The van der Waals surface area contributed by atoms with Crippen LogP contribution in [0, 0.1) is 15.8 Å². The predicted molar refractivity (Wildman–Crippen MR) is 71.5 cm³/mol. The third-order valence-corrected chi connectivity index (χ3v) is 4.45. The quantitative estimate of drug-likeness (QED) is 0.805. The van der Waals surface area contributed by atoms with Gasteiger partial charge in [-0.25, -0.2) is 0 Å². The van der Waals surface area contributed by atoms with Crippen LogP contribution in [0.25, 0.3) is 0 Å². The molecule has 0 atom stereocenters. The van der Waals surface area contributed by atoms with Crippen molar-refractivity contribution in [2.45, 2.75) is 39.0 Å². The number of nitrogens with one attached hydrogen (secondary N) is 2. The molecule has 2 N–H and O–H groups in total. The number of hydrogen-bond donors (Lipinski definition) is 2. The smallest absolute Gasteiger partial charge is 0.204 e. The minimum atomic E-state index is 0.744. The molecule has 90 valence electrons. The van der Waals surface area contributed by atoms with Gasteiger partial charge in [-0.3, -0.25) is 5.10 Å². The highest BCUT2D eigenvalue weighted by Gasteiger charge is 2.17. The Morgan fingerprint density at radius 3 is 2.81 bits per heavy atom. The van der Waals surface area contributed by atoms with Gasteiger partial charge in [0.15, 0.2) is 3.95 Å². The van der Waals surface area contributed by atoms with Crippen molar-refractivity contribution in [3.05, 3.63) is 3.95 Å². The molecule has 1 fully saturated rings. The molecule has 0 saturated heterocycles. The highest BCUT2D eigenvalue weighted by atomic mass is 32.1. The zero-order chi connectivity index (χ0) is 11.4. The fourth-order valence-electron chi connectivity index (χ4n) is 2.31. The summed E-state index contributed by atoms with van der Waals surface area (Å²) >= 11 is 6.49. The van der Waals surface area contributed by atoms with Crippen LogP contribution in [-0.2, 0) is 0 Å². The second-order valence-corrected chi connectivity index (χ2v) is 6.43. The lowest BCUT2D eigenvalue weighted by molar-refractivity contribution is 0.282. The molecule has 1 saturated carbocycles. The highest BCUT2D eigenvalue weighted by molar-refractivity contribution is 7.73. The van der Waals surface area contributed by atoms with E-state index in [2.05, 4.69) is 22.4 Å². The van der Waals surface area contributed by atoms with E-state index in [-0.39, 0.29) is 0 Å². The zero-order valence-electron chi connectivity index (χ0n) is 9.66. The third kappa shape index (κ3) is 3.56. The molecule has 3 nitrogen and oxygen atoms in total. The number of aromatic amines is 1. The van der Waals surface area contributed by atoms with Gasteiger partial charge in [0.1, 0.15) is 0 Å². The van der Waals surface area contributed by atoms with Crippen LogP contribution in [0.15, 0.2) is 0 Å². The van der Waals surface area contributed by atoms with E-state index in [1.807, 2.05) is 0 Å². The first kappa shape index (κ1) is 12.0. The van der Waals surface area contributed by atoms with Gasteiger partial charge in [0.25, 0.3) is 0 Å². The molecule has 1 heterocycles. The standard InChI is InChI=1S/C11H19N3S2/c1-8-2-4-9(5-3-8)6-7-12-10-13-14-11(15)16-10/h8-9H,2-7H2,1H3,(H,12,13)(H,14,15). The largest absolute Gasteiger partial charge is 0.360 e. The number of anilines is 1. The topological polar surface area (TPSA) is 40.7 Å². The Bertz CT molecular complexity index is 363. The van der Waals surface area contributed by atoms with Gasteiger partial charge < -0.3 is 5.32 Å². The molecule has 0 aliphatic heterocycles. The number of hydrogen-bond acceptors (Lipinski definition) is 4. The maximum absolute atomic E-state index is 4.98. The molecule has 1 aliphatic rings. The van der Waals surface area contributed by atoms with Crippen LogP contribution in [0.5, 0.6) is 0 Å². The van der Waals surface area contributed by atoms with Crippen molar-refractivity contribution < 1.29 is 0 Å². The van der Waals surface area contributed by atoms with Crippen LogP contribution in [0.1, 0.15) is 39.0 Å². The van der Waals surface area contributed by atoms with Crippen LogP contribution >= 0.6 is 23.6 Å². The molecule has 0 amide bonds. The Hall–Kier alpha value is -0.420. The number of aromatic nitrogens is 2. The Morgan fingerprint density at radius 2 is 2.19 bits per heavy atom. The van der Waals surface area contributed by atoms with Gasteiger partial charge in [-0.2, -0.15) is 0 Å². The van der Waals surface area contributed by atoms with E-state index in [0.717, 1.165) is 27.5 Å².